The van der Waals surface area contributed by atoms with Crippen LogP contribution < -0.4 is 11.1 Å². The second kappa shape index (κ2) is 10.0. The van der Waals surface area contributed by atoms with Crippen LogP contribution in [0, 0.1) is 0 Å². The summed E-state index contributed by atoms with van der Waals surface area (Å²) in [5, 5.41) is 19.9. The van der Waals surface area contributed by atoms with Gasteiger partial charge in [0.1, 0.15) is 6.04 Å². The molecule has 5 N–H and O–H groups in total. The summed E-state index contributed by atoms with van der Waals surface area (Å²) < 4.78 is 0. The summed E-state index contributed by atoms with van der Waals surface area (Å²) in [7, 11) is 1.56. The van der Waals surface area contributed by atoms with Gasteiger partial charge in [-0.3, -0.25) is 4.79 Å². The van der Waals surface area contributed by atoms with Crippen molar-refractivity contribution in [3.63, 3.8) is 0 Å². The zero-order valence-corrected chi connectivity index (χ0v) is 11.7. The molecular formula is C12H23N3O5. The minimum atomic E-state index is -1.20. The van der Waals surface area contributed by atoms with Crippen LogP contribution in [-0.2, 0) is 9.59 Å². The molecule has 1 atom stereocenters. The van der Waals surface area contributed by atoms with Crippen LogP contribution in [0.3, 0.4) is 0 Å². The number of amides is 3. The average Bonchev–Trinajstić information content (AvgIpc) is 2.38. The van der Waals surface area contributed by atoms with Gasteiger partial charge in [-0.15, -0.1) is 0 Å². The highest BCUT2D eigenvalue weighted by Gasteiger charge is 2.21. The number of primary amides is 1. The molecule has 0 aromatic rings. The van der Waals surface area contributed by atoms with Crippen LogP contribution in [-0.4, -0.2) is 59.3 Å². The number of hydrogen-bond donors (Lipinski definition) is 4. The topological polar surface area (TPSA) is 133 Å². The lowest BCUT2D eigenvalue weighted by Crippen LogP contribution is -2.47. The third kappa shape index (κ3) is 8.30. The van der Waals surface area contributed by atoms with Crippen LogP contribution in [0.4, 0.5) is 4.79 Å². The molecule has 0 heterocycles. The number of carbonyl (C=O) groups excluding carboxylic acids is 2. The molecule has 0 aliphatic heterocycles. The van der Waals surface area contributed by atoms with Crippen molar-refractivity contribution < 1.29 is 24.6 Å². The quantitative estimate of drug-likeness (QED) is 0.403. The minimum absolute atomic E-state index is 0.0330. The number of nitrogens with one attached hydrogen (secondary N) is 1. The van der Waals surface area contributed by atoms with Crippen molar-refractivity contribution in [2.24, 2.45) is 5.73 Å². The molecule has 0 fully saturated rings. The Morgan fingerprint density at radius 3 is 2.40 bits per heavy atom. The number of aliphatic hydroxyl groups is 1. The van der Waals surface area contributed by atoms with Gasteiger partial charge in [0.05, 0.1) is 0 Å². The molecule has 0 aromatic heterocycles. The Bertz CT molecular complexity index is 335. The summed E-state index contributed by atoms with van der Waals surface area (Å²) in [6.07, 6.45) is 2.06. The Labute approximate surface area is 117 Å². The standard InChI is InChI=1S/C12H23N3O5/c1-15(7-3-2-4-8-16)12(20)14-9(11(18)19)5-6-10(13)17/h9,16H,2-8H2,1H3,(H2,13,17)(H,14,20)(H,18,19). The van der Waals surface area contributed by atoms with Crippen molar-refractivity contribution in [1.82, 2.24) is 10.2 Å². The van der Waals surface area contributed by atoms with Crippen LogP contribution in [0.25, 0.3) is 0 Å². The average molecular weight is 289 g/mol. The minimum Gasteiger partial charge on any atom is -0.480 e. The molecule has 0 aliphatic rings. The van der Waals surface area contributed by atoms with E-state index in [0.717, 1.165) is 12.8 Å². The SMILES string of the molecule is CN(CCCCCO)C(=O)NC(CCC(N)=O)C(=O)O. The van der Waals surface area contributed by atoms with Gasteiger partial charge < -0.3 is 26.2 Å². The first-order valence-electron chi connectivity index (χ1n) is 6.52. The summed E-state index contributed by atoms with van der Waals surface area (Å²) in [4.78, 5) is 34.7. The number of urea groups is 1. The maximum Gasteiger partial charge on any atom is 0.326 e. The van der Waals surface area contributed by atoms with E-state index in [1.807, 2.05) is 0 Å². The van der Waals surface area contributed by atoms with Crippen molar-refractivity contribution in [3.05, 3.63) is 0 Å². The number of hydrogen-bond acceptors (Lipinski definition) is 4. The van der Waals surface area contributed by atoms with Gasteiger partial charge in [0.2, 0.25) is 5.91 Å². The lowest BCUT2D eigenvalue weighted by Gasteiger charge is -2.21. The first-order chi connectivity index (χ1) is 9.38. The van der Waals surface area contributed by atoms with Crippen LogP contribution in [0.1, 0.15) is 32.1 Å². The van der Waals surface area contributed by atoms with Crippen molar-refractivity contribution >= 4 is 17.9 Å². The Balaban J connectivity index is 4.16. The number of aliphatic carboxylic acids is 1. The predicted molar refractivity (Wildman–Crippen MR) is 72.0 cm³/mol. The predicted octanol–water partition coefficient (Wildman–Crippen LogP) is -0.491. The van der Waals surface area contributed by atoms with Gasteiger partial charge in [-0.05, 0) is 25.7 Å². The van der Waals surface area contributed by atoms with E-state index in [4.69, 9.17) is 15.9 Å². The van der Waals surface area contributed by atoms with Crippen molar-refractivity contribution in [2.75, 3.05) is 20.2 Å². The van der Waals surface area contributed by atoms with E-state index >= 15 is 0 Å². The molecule has 3 amide bonds. The zero-order valence-electron chi connectivity index (χ0n) is 11.7. The highest BCUT2D eigenvalue weighted by atomic mass is 16.4. The van der Waals surface area contributed by atoms with E-state index in [1.165, 1.54) is 4.90 Å². The number of carboxylic acids is 1. The molecule has 0 spiro atoms. The Kier molecular flexibility index (Phi) is 9.10. The van der Waals surface area contributed by atoms with Crippen LogP contribution in [0.15, 0.2) is 0 Å². The lowest BCUT2D eigenvalue weighted by atomic mass is 10.1. The maximum atomic E-state index is 11.8. The largest absolute Gasteiger partial charge is 0.480 e. The fourth-order valence-corrected chi connectivity index (χ4v) is 1.54. The lowest BCUT2D eigenvalue weighted by molar-refractivity contribution is -0.139. The number of nitrogens with zero attached hydrogens (tertiary/aromatic N) is 1. The van der Waals surface area contributed by atoms with E-state index in [2.05, 4.69) is 5.32 Å². The van der Waals surface area contributed by atoms with Crippen LogP contribution in [0.2, 0.25) is 0 Å². The summed E-state index contributed by atoms with van der Waals surface area (Å²) in [6.45, 7) is 0.581. The van der Waals surface area contributed by atoms with Gasteiger partial charge in [0.15, 0.2) is 0 Å². The zero-order chi connectivity index (χ0) is 15.5. The molecule has 0 saturated heterocycles. The fraction of sp³-hybridized carbons (Fsp3) is 0.750. The highest BCUT2D eigenvalue weighted by Crippen LogP contribution is 2.01. The van der Waals surface area contributed by atoms with Gasteiger partial charge in [0.25, 0.3) is 0 Å². The number of carboxylic acid groups (broad SMARTS) is 1. The van der Waals surface area contributed by atoms with Crippen LogP contribution in [0.5, 0.6) is 0 Å². The summed E-state index contributed by atoms with van der Waals surface area (Å²) in [5.41, 5.74) is 4.95. The fourth-order valence-electron chi connectivity index (χ4n) is 1.54. The molecule has 0 bridgehead atoms. The molecule has 0 saturated carbocycles. The molecule has 1 unspecified atom stereocenters. The Morgan fingerprint density at radius 2 is 1.90 bits per heavy atom. The molecule has 0 aliphatic carbocycles. The van der Waals surface area contributed by atoms with Gasteiger partial charge in [-0.25, -0.2) is 9.59 Å². The molecule has 116 valence electrons. The summed E-state index contributed by atoms with van der Waals surface area (Å²) in [5.74, 6) is -1.81. The van der Waals surface area contributed by atoms with Gasteiger partial charge in [0, 0.05) is 26.6 Å². The van der Waals surface area contributed by atoms with E-state index in [1.54, 1.807) is 7.05 Å². The monoisotopic (exact) mass is 289 g/mol. The number of unbranched alkanes of at least 4 members (excludes halogenated alkanes) is 2. The molecule has 0 radical (unpaired) electrons. The first-order valence-corrected chi connectivity index (χ1v) is 6.52. The molecule has 0 aromatic carbocycles. The normalized spacial score (nSPS) is 11.7. The first kappa shape index (κ1) is 18.2. The van der Waals surface area contributed by atoms with E-state index < -0.39 is 23.9 Å². The third-order valence-corrected chi connectivity index (χ3v) is 2.77. The number of aliphatic hydroxyl groups excluding tert-OH is 1. The number of rotatable bonds is 10. The van der Waals surface area contributed by atoms with Crippen molar-refractivity contribution in [3.8, 4) is 0 Å². The highest BCUT2D eigenvalue weighted by molar-refractivity contribution is 5.83. The summed E-state index contributed by atoms with van der Waals surface area (Å²) >= 11 is 0. The Hall–Kier alpha value is -1.83. The van der Waals surface area contributed by atoms with E-state index in [-0.39, 0.29) is 19.4 Å². The molecule has 0 rings (SSSR count). The van der Waals surface area contributed by atoms with Gasteiger partial charge in [-0.1, -0.05) is 0 Å². The smallest absolute Gasteiger partial charge is 0.326 e. The second-order valence-electron chi connectivity index (χ2n) is 4.55. The third-order valence-electron chi connectivity index (χ3n) is 2.77. The summed E-state index contributed by atoms with van der Waals surface area (Å²) in [6, 6.07) is -1.64. The molecule has 20 heavy (non-hydrogen) atoms. The van der Waals surface area contributed by atoms with Crippen LogP contribution >= 0.6 is 0 Å². The van der Waals surface area contributed by atoms with Crippen molar-refractivity contribution in [2.45, 2.75) is 38.1 Å². The van der Waals surface area contributed by atoms with E-state index in [0.29, 0.717) is 13.0 Å². The number of carbonyl (C=O) groups is 3. The maximum absolute atomic E-state index is 11.8. The van der Waals surface area contributed by atoms with E-state index in [9.17, 15) is 14.4 Å². The second-order valence-corrected chi connectivity index (χ2v) is 4.55. The van der Waals surface area contributed by atoms with Crippen molar-refractivity contribution in [1.29, 1.82) is 0 Å². The molecular weight excluding hydrogens is 266 g/mol. The molecule has 8 heteroatoms. The van der Waals surface area contributed by atoms with Gasteiger partial charge in [-0.2, -0.15) is 0 Å². The van der Waals surface area contributed by atoms with Gasteiger partial charge >= 0.3 is 12.0 Å². The molecule has 8 nitrogen and oxygen atoms in total. The Morgan fingerprint density at radius 1 is 1.25 bits per heavy atom. The number of nitrogens with two attached hydrogens (primary N) is 1.